The molecule has 10 heteroatoms. The number of nitrogens with one attached hydrogen (secondary N) is 1. The van der Waals surface area contributed by atoms with Crippen LogP contribution in [0.2, 0.25) is 10.0 Å². The number of carbonyl (C=O) groups is 1. The standard InChI is InChI=1S/C24H23Cl2N4O3S/c25-15-3-1-2-14(10-15)11-21(31)30-7-4-19-17(23(30)32)12-20(34-19)22-18(26)13-27-24(29-22)28-16-5-8-33-9-6-16/h1-3,10-13,16,21,31H,4-9H2,(H,27,28,29)/t21-/m0/s1. The highest BCUT2D eigenvalue weighted by molar-refractivity contribution is 7.16. The quantitative estimate of drug-likeness (QED) is 0.493. The van der Waals surface area contributed by atoms with Crippen molar-refractivity contribution in [3.8, 4) is 10.6 Å². The highest BCUT2D eigenvalue weighted by Gasteiger charge is 2.32. The molecule has 3 aromatic rings. The van der Waals surface area contributed by atoms with Crippen LogP contribution >= 0.6 is 34.5 Å². The summed E-state index contributed by atoms with van der Waals surface area (Å²) in [6.45, 7) is 1.85. The zero-order chi connectivity index (χ0) is 23.7. The Hall–Kier alpha value is -2.23. The van der Waals surface area contributed by atoms with E-state index >= 15 is 0 Å². The number of benzene rings is 1. The Kier molecular flexibility index (Phi) is 7.04. The highest BCUT2D eigenvalue weighted by atomic mass is 35.5. The van der Waals surface area contributed by atoms with Crippen LogP contribution in [0.1, 0.15) is 33.6 Å². The molecule has 0 bridgehead atoms. The fourth-order valence-electron chi connectivity index (χ4n) is 4.15. The number of rotatable bonds is 6. The van der Waals surface area contributed by atoms with Gasteiger partial charge in [0.25, 0.3) is 5.91 Å². The SMILES string of the molecule is O=C1c2cc(-c3nc(NC4CCOCC4)ncc3Cl)sc2CCN1[C@@H](O)[CH]c1cccc(Cl)c1. The number of aromatic nitrogens is 2. The Labute approximate surface area is 211 Å². The van der Waals surface area contributed by atoms with Gasteiger partial charge in [-0.05, 0) is 36.6 Å². The van der Waals surface area contributed by atoms with E-state index in [9.17, 15) is 9.90 Å². The molecule has 4 heterocycles. The van der Waals surface area contributed by atoms with Crippen molar-refractivity contribution in [2.24, 2.45) is 0 Å². The summed E-state index contributed by atoms with van der Waals surface area (Å²) in [5.74, 6) is 0.289. The second-order valence-electron chi connectivity index (χ2n) is 8.25. The molecular formula is C24H23Cl2N4O3S. The average Bonchev–Trinajstić information content (AvgIpc) is 3.26. The van der Waals surface area contributed by atoms with Gasteiger partial charge in [-0.3, -0.25) is 4.79 Å². The smallest absolute Gasteiger partial charge is 0.257 e. The minimum absolute atomic E-state index is 0.222. The van der Waals surface area contributed by atoms with E-state index in [4.69, 9.17) is 27.9 Å². The highest BCUT2D eigenvalue weighted by Crippen LogP contribution is 2.37. The monoisotopic (exact) mass is 517 g/mol. The maximum atomic E-state index is 13.2. The van der Waals surface area contributed by atoms with E-state index in [1.165, 1.54) is 16.2 Å². The van der Waals surface area contributed by atoms with Gasteiger partial charge >= 0.3 is 0 Å². The largest absolute Gasteiger partial charge is 0.381 e. The number of nitrogens with zero attached hydrogens (tertiary/aromatic N) is 3. The van der Waals surface area contributed by atoms with E-state index in [2.05, 4.69) is 15.3 Å². The van der Waals surface area contributed by atoms with Gasteiger partial charge in [-0.25, -0.2) is 9.97 Å². The first-order valence-corrected chi connectivity index (χ1v) is 12.6. The number of hydrogen-bond acceptors (Lipinski definition) is 7. The predicted molar refractivity (Wildman–Crippen MR) is 133 cm³/mol. The fraction of sp³-hybridized carbons (Fsp3) is 0.333. The summed E-state index contributed by atoms with van der Waals surface area (Å²) in [6, 6.07) is 9.22. The van der Waals surface area contributed by atoms with Gasteiger partial charge in [-0.2, -0.15) is 0 Å². The van der Waals surface area contributed by atoms with Gasteiger partial charge in [-0.15, -0.1) is 11.3 Å². The first-order valence-electron chi connectivity index (χ1n) is 11.1. The second-order valence-corrected chi connectivity index (χ2v) is 10.2. The lowest BCUT2D eigenvalue weighted by Crippen LogP contribution is -2.44. The van der Waals surface area contributed by atoms with Crippen LogP contribution in [0, 0.1) is 6.42 Å². The van der Waals surface area contributed by atoms with Crippen LogP contribution in [0.25, 0.3) is 10.6 Å². The van der Waals surface area contributed by atoms with Crippen LogP contribution in [-0.4, -0.2) is 57.9 Å². The molecule has 7 nitrogen and oxygen atoms in total. The van der Waals surface area contributed by atoms with Gasteiger partial charge in [0.15, 0.2) is 0 Å². The van der Waals surface area contributed by atoms with Gasteiger partial charge in [-0.1, -0.05) is 35.3 Å². The van der Waals surface area contributed by atoms with Crippen LogP contribution in [-0.2, 0) is 11.2 Å². The number of fused-ring (bicyclic) bond motifs is 1. The van der Waals surface area contributed by atoms with Gasteiger partial charge in [0.1, 0.15) is 11.9 Å². The Morgan fingerprint density at radius 2 is 2.09 bits per heavy atom. The molecule has 2 N–H and O–H groups in total. The molecule has 1 atom stereocenters. The van der Waals surface area contributed by atoms with Crippen LogP contribution in [0.15, 0.2) is 36.5 Å². The molecule has 2 aliphatic heterocycles. The molecule has 5 rings (SSSR count). The molecule has 0 unspecified atom stereocenters. The molecule has 0 aliphatic carbocycles. The minimum atomic E-state index is -1.06. The van der Waals surface area contributed by atoms with E-state index in [-0.39, 0.29) is 11.9 Å². The number of anilines is 1. The number of amides is 1. The summed E-state index contributed by atoms with van der Waals surface area (Å²) in [5.41, 5.74) is 1.91. The molecule has 177 valence electrons. The van der Waals surface area contributed by atoms with Gasteiger partial charge in [0.05, 0.1) is 21.7 Å². The molecule has 1 amide bonds. The maximum absolute atomic E-state index is 13.2. The number of aliphatic hydroxyl groups is 1. The third kappa shape index (κ3) is 5.06. The van der Waals surface area contributed by atoms with E-state index in [0.29, 0.717) is 40.2 Å². The number of hydrogen-bond donors (Lipinski definition) is 2. The molecule has 2 aliphatic rings. The molecule has 1 radical (unpaired) electrons. The topological polar surface area (TPSA) is 87.6 Å². The first kappa shape index (κ1) is 23.5. The second kappa shape index (κ2) is 10.2. The van der Waals surface area contributed by atoms with E-state index in [1.807, 2.05) is 12.1 Å². The van der Waals surface area contributed by atoms with Crippen molar-refractivity contribution in [1.82, 2.24) is 14.9 Å². The average molecular weight is 518 g/mol. The van der Waals surface area contributed by atoms with Crippen molar-refractivity contribution in [2.45, 2.75) is 31.5 Å². The molecule has 0 saturated carbocycles. The van der Waals surface area contributed by atoms with Crippen LogP contribution in [0.4, 0.5) is 5.95 Å². The van der Waals surface area contributed by atoms with Crippen molar-refractivity contribution >= 4 is 46.4 Å². The molecule has 0 spiro atoms. The zero-order valence-electron chi connectivity index (χ0n) is 18.2. The van der Waals surface area contributed by atoms with Crippen molar-refractivity contribution in [1.29, 1.82) is 0 Å². The maximum Gasteiger partial charge on any atom is 0.257 e. The lowest BCUT2D eigenvalue weighted by Gasteiger charge is -2.31. The molecule has 1 aromatic carbocycles. The summed E-state index contributed by atoms with van der Waals surface area (Å²) < 4.78 is 5.41. The normalized spacial score (nSPS) is 17.5. The third-order valence-corrected chi connectivity index (χ3v) is 7.63. The number of carbonyl (C=O) groups excluding carboxylic acids is 1. The first-order chi connectivity index (χ1) is 16.5. The lowest BCUT2D eigenvalue weighted by molar-refractivity contribution is 0.0232. The molecule has 2 aromatic heterocycles. The van der Waals surface area contributed by atoms with Gasteiger partial charge < -0.3 is 20.1 Å². The van der Waals surface area contributed by atoms with Gasteiger partial charge in [0, 0.05) is 48.5 Å². The fourth-order valence-corrected chi connectivity index (χ4v) is 5.74. The Bertz CT molecular complexity index is 1200. The van der Waals surface area contributed by atoms with Crippen LogP contribution in [0.3, 0.4) is 0 Å². The van der Waals surface area contributed by atoms with Crippen molar-refractivity contribution < 1.29 is 14.6 Å². The van der Waals surface area contributed by atoms with Crippen molar-refractivity contribution in [2.75, 3.05) is 25.1 Å². The van der Waals surface area contributed by atoms with E-state index in [1.54, 1.807) is 30.8 Å². The Morgan fingerprint density at radius 1 is 1.26 bits per heavy atom. The summed E-state index contributed by atoms with van der Waals surface area (Å²) in [4.78, 5) is 25.4. The minimum Gasteiger partial charge on any atom is -0.381 e. The van der Waals surface area contributed by atoms with E-state index in [0.717, 1.165) is 41.4 Å². The van der Waals surface area contributed by atoms with Gasteiger partial charge in [0.2, 0.25) is 5.95 Å². The van der Waals surface area contributed by atoms with Crippen LogP contribution in [0.5, 0.6) is 0 Å². The molecule has 1 fully saturated rings. The third-order valence-electron chi connectivity index (χ3n) is 5.92. The van der Waals surface area contributed by atoms with Crippen molar-refractivity contribution in [3.63, 3.8) is 0 Å². The van der Waals surface area contributed by atoms with E-state index < -0.39 is 6.23 Å². The molecular weight excluding hydrogens is 495 g/mol. The summed E-state index contributed by atoms with van der Waals surface area (Å²) in [6.07, 6.45) is 4.59. The molecule has 34 heavy (non-hydrogen) atoms. The number of ether oxygens (including phenoxy) is 1. The van der Waals surface area contributed by atoms with Crippen LogP contribution < -0.4 is 5.32 Å². The Balaban J connectivity index is 1.34. The summed E-state index contributed by atoms with van der Waals surface area (Å²) in [7, 11) is 0. The van der Waals surface area contributed by atoms with Crippen molar-refractivity contribution in [3.05, 3.63) is 69.0 Å². The number of aliphatic hydroxyl groups excluding tert-OH is 1. The summed E-state index contributed by atoms with van der Waals surface area (Å²) >= 11 is 14.0. The lowest BCUT2D eigenvalue weighted by atomic mass is 10.1. The summed E-state index contributed by atoms with van der Waals surface area (Å²) in [5, 5.41) is 15.1. The predicted octanol–water partition coefficient (Wildman–Crippen LogP) is 4.67. The zero-order valence-corrected chi connectivity index (χ0v) is 20.5. The number of halogens is 2. The Morgan fingerprint density at radius 3 is 2.88 bits per heavy atom. The number of thiophene rings is 1. The molecule has 1 saturated heterocycles.